The zero-order chi connectivity index (χ0) is 13.9. The highest BCUT2D eigenvalue weighted by Gasteiger charge is 2.24. The topological polar surface area (TPSA) is 44.4 Å². The van der Waals surface area contributed by atoms with Crippen molar-refractivity contribution in [3.05, 3.63) is 22.7 Å². The monoisotopic (exact) mass is 337 g/mol. The Balaban J connectivity index is 1.70. The number of nitrogens with zero attached hydrogens (tertiary/aromatic N) is 1. The Bertz CT molecular complexity index is 500. The maximum absolute atomic E-state index is 12.1. The third kappa shape index (κ3) is 2.99. The van der Waals surface area contributed by atoms with Gasteiger partial charge in [0.25, 0.3) is 0 Å². The van der Waals surface area contributed by atoms with Crippen LogP contribution in [-0.4, -0.2) is 31.6 Å². The van der Waals surface area contributed by atoms with Crippen molar-refractivity contribution in [3.8, 4) is 0 Å². The molecule has 3 rings (SSSR count). The fraction of sp³-hybridized carbons (Fsp3) is 0.533. The molecular weight excluding hydrogens is 318 g/mol. The number of hydrogen-bond donors (Lipinski definition) is 2. The average Bonchev–Trinajstić information content (AvgIpc) is 2.47. The molecule has 0 radical (unpaired) electrons. The van der Waals surface area contributed by atoms with Gasteiger partial charge < -0.3 is 15.5 Å². The number of piperidine rings is 1. The van der Waals surface area contributed by atoms with E-state index in [0.29, 0.717) is 12.6 Å². The molecule has 0 bridgehead atoms. The lowest BCUT2D eigenvalue weighted by atomic mass is 10.0. The summed E-state index contributed by atoms with van der Waals surface area (Å²) in [5, 5.41) is 6.73. The normalized spacial score (nSPS) is 22.4. The Labute approximate surface area is 128 Å². The minimum absolute atomic E-state index is 0.163. The van der Waals surface area contributed by atoms with Crippen LogP contribution in [0.3, 0.4) is 0 Å². The molecule has 0 spiro atoms. The number of amides is 1. The Kier molecular flexibility index (Phi) is 4.27. The number of halogens is 1. The third-order valence-electron chi connectivity index (χ3n) is 4.09. The summed E-state index contributed by atoms with van der Waals surface area (Å²) in [5.74, 6) is 0.163. The van der Waals surface area contributed by atoms with Crippen molar-refractivity contribution in [1.82, 2.24) is 5.32 Å². The highest BCUT2D eigenvalue weighted by atomic mass is 79.9. The van der Waals surface area contributed by atoms with Gasteiger partial charge in [-0.2, -0.15) is 0 Å². The van der Waals surface area contributed by atoms with Crippen molar-refractivity contribution in [2.24, 2.45) is 0 Å². The van der Waals surface area contributed by atoms with Crippen LogP contribution in [0.5, 0.6) is 0 Å². The van der Waals surface area contributed by atoms with E-state index in [2.05, 4.69) is 26.6 Å². The molecule has 1 unspecified atom stereocenters. The molecule has 4 nitrogen and oxygen atoms in total. The number of rotatable bonds is 3. The Hall–Kier alpha value is -1.07. The van der Waals surface area contributed by atoms with Gasteiger partial charge in [0.05, 0.1) is 17.9 Å². The molecule has 2 heterocycles. The first-order valence-electron chi connectivity index (χ1n) is 7.31. The molecule has 1 fully saturated rings. The Morgan fingerprint density at radius 1 is 1.35 bits per heavy atom. The van der Waals surface area contributed by atoms with E-state index in [1.807, 2.05) is 23.1 Å². The highest BCUT2D eigenvalue weighted by molar-refractivity contribution is 9.10. The number of nitrogens with one attached hydrogen (secondary N) is 2. The second kappa shape index (κ2) is 6.14. The first kappa shape index (κ1) is 13.9. The molecule has 0 aliphatic carbocycles. The molecule has 2 aliphatic heterocycles. The molecule has 2 aliphatic rings. The molecule has 1 aromatic rings. The number of fused-ring (bicyclic) bond motifs is 1. The van der Waals surface area contributed by atoms with Gasteiger partial charge >= 0.3 is 0 Å². The lowest BCUT2D eigenvalue weighted by Crippen LogP contribution is -2.43. The molecule has 20 heavy (non-hydrogen) atoms. The van der Waals surface area contributed by atoms with Gasteiger partial charge in [-0.15, -0.1) is 0 Å². The molecule has 0 saturated carbocycles. The Morgan fingerprint density at radius 2 is 2.25 bits per heavy atom. The van der Waals surface area contributed by atoms with Crippen molar-refractivity contribution < 1.29 is 4.79 Å². The standard InChI is InChI=1S/C15H20BrN3O/c16-11-4-5-14-13(9-11)18-10-15(20)19(14)8-6-12-3-1-2-7-17-12/h4-5,9,12,17-18H,1-3,6-8,10H2. The van der Waals surface area contributed by atoms with Crippen LogP contribution in [-0.2, 0) is 4.79 Å². The summed E-state index contributed by atoms with van der Waals surface area (Å²) >= 11 is 3.47. The van der Waals surface area contributed by atoms with E-state index in [9.17, 15) is 4.79 Å². The number of benzene rings is 1. The van der Waals surface area contributed by atoms with Crippen LogP contribution in [0.1, 0.15) is 25.7 Å². The summed E-state index contributed by atoms with van der Waals surface area (Å²) < 4.78 is 1.03. The van der Waals surface area contributed by atoms with Gasteiger partial charge in [0, 0.05) is 17.1 Å². The zero-order valence-electron chi connectivity index (χ0n) is 11.5. The van der Waals surface area contributed by atoms with Crippen molar-refractivity contribution >= 4 is 33.2 Å². The first-order valence-corrected chi connectivity index (χ1v) is 8.10. The molecule has 108 valence electrons. The number of anilines is 2. The van der Waals surface area contributed by atoms with Crippen LogP contribution in [0.25, 0.3) is 0 Å². The van der Waals surface area contributed by atoms with Crippen molar-refractivity contribution in [2.45, 2.75) is 31.7 Å². The number of carbonyl (C=O) groups is 1. The molecule has 0 aromatic heterocycles. The smallest absolute Gasteiger partial charge is 0.246 e. The van der Waals surface area contributed by atoms with E-state index in [-0.39, 0.29) is 5.91 Å². The fourth-order valence-electron chi connectivity index (χ4n) is 2.99. The second-order valence-corrected chi connectivity index (χ2v) is 6.41. The van der Waals surface area contributed by atoms with Gasteiger partial charge in [-0.25, -0.2) is 0 Å². The quantitative estimate of drug-likeness (QED) is 0.891. The van der Waals surface area contributed by atoms with E-state index in [1.54, 1.807) is 0 Å². The summed E-state index contributed by atoms with van der Waals surface area (Å²) in [4.78, 5) is 14.1. The van der Waals surface area contributed by atoms with E-state index in [0.717, 1.165) is 35.4 Å². The number of carbonyl (C=O) groups excluding carboxylic acids is 1. The molecule has 5 heteroatoms. The van der Waals surface area contributed by atoms with E-state index in [4.69, 9.17) is 0 Å². The summed E-state index contributed by atoms with van der Waals surface area (Å²) in [5.41, 5.74) is 2.04. The average molecular weight is 338 g/mol. The van der Waals surface area contributed by atoms with Crippen LogP contribution >= 0.6 is 15.9 Å². The van der Waals surface area contributed by atoms with E-state index < -0.39 is 0 Å². The van der Waals surface area contributed by atoms with Gasteiger partial charge in [0.15, 0.2) is 0 Å². The maximum Gasteiger partial charge on any atom is 0.246 e. The molecule has 1 amide bonds. The highest BCUT2D eigenvalue weighted by Crippen LogP contribution is 2.32. The van der Waals surface area contributed by atoms with Crippen LogP contribution in [0.2, 0.25) is 0 Å². The summed E-state index contributed by atoms with van der Waals surface area (Å²) in [6.45, 7) is 2.30. The lowest BCUT2D eigenvalue weighted by molar-refractivity contribution is -0.117. The molecule has 1 saturated heterocycles. The number of hydrogen-bond acceptors (Lipinski definition) is 3. The van der Waals surface area contributed by atoms with Crippen LogP contribution in [0.4, 0.5) is 11.4 Å². The Morgan fingerprint density at radius 3 is 3.05 bits per heavy atom. The minimum atomic E-state index is 0.163. The molecular formula is C15H20BrN3O. The summed E-state index contributed by atoms with van der Waals surface area (Å²) in [6.07, 6.45) is 4.84. The van der Waals surface area contributed by atoms with Crippen LogP contribution in [0, 0.1) is 0 Å². The predicted molar refractivity (Wildman–Crippen MR) is 85.2 cm³/mol. The fourth-order valence-corrected chi connectivity index (χ4v) is 3.35. The van der Waals surface area contributed by atoms with Crippen molar-refractivity contribution in [2.75, 3.05) is 29.9 Å². The van der Waals surface area contributed by atoms with Gasteiger partial charge in [0.1, 0.15) is 0 Å². The van der Waals surface area contributed by atoms with Crippen molar-refractivity contribution in [3.63, 3.8) is 0 Å². The van der Waals surface area contributed by atoms with E-state index in [1.165, 1.54) is 19.3 Å². The summed E-state index contributed by atoms with van der Waals surface area (Å²) in [7, 11) is 0. The van der Waals surface area contributed by atoms with Crippen molar-refractivity contribution in [1.29, 1.82) is 0 Å². The second-order valence-electron chi connectivity index (χ2n) is 5.50. The molecule has 1 aromatic carbocycles. The minimum Gasteiger partial charge on any atom is -0.374 e. The van der Waals surface area contributed by atoms with Gasteiger partial charge in [-0.1, -0.05) is 22.4 Å². The maximum atomic E-state index is 12.1. The zero-order valence-corrected chi connectivity index (χ0v) is 13.1. The largest absolute Gasteiger partial charge is 0.374 e. The van der Waals surface area contributed by atoms with Crippen LogP contribution < -0.4 is 15.5 Å². The first-order chi connectivity index (χ1) is 9.74. The van der Waals surface area contributed by atoms with Crippen LogP contribution in [0.15, 0.2) is 22.7 Å². The summed E-state index contributed by atoms with van der Waals surface area (Å²) in [6, 6.07) is 6.60. The van der Waals surface area contributed by atoms with Gasteiger partial charge in [0.2, 0.25) is 5.91 Å². The van der Waals surface area contributed by atoms with Gasteiger partial charge in [-0.3, -0.25) is 4.79 Å². The third-order valence-corrected chi connectivity index (χ3v) is 4.59. The van der Waals surface area contributed by atoms with Gasteiger partial charge in [-0.05, 0) is 44.0 Å². The molecule has 2 N–H and O–H groups in total. The molecule has 1 atom stereocenters. The van der Waals surface area contributed by atoms with E-state index >= 15 is 0 Å². The predicted octanol–water partition coefficient (Wildman–Crippen LogP) is 2.74. The lowest BCUT2D eigenvalue weighted by Gasteiger charge is -2.32. The SMILES string of the molecule is O=C1CNc2cc(Br)ccc2N1CCC1CCCCN1.